The van der Waals surface area contributed by atoms with Crippen LogP contribution in [0.15, 0.2) is 36.4 Å². The standard InChI is InChI=1S/C14H10Cl3FO/c15-10-5-2-4-9(13(10)17)12(19)7-8-3-1-6-11(16)14(8)18/h1-6,12,19H,7H2. The van der Waals surface area contributed by atoms with Crippen LogP contribution in [-0.2, 0) is 6.42 Å². The van der Waals surface area contributed by atoms with Gasteiger partial charge < -0.3 is 5.11 Å². The number of benzene rings is 2. The van der Waals surface area contributed by atoms with E-state index in [0.717, 1.165) is 0 Å². The van der Waals surface area contributed by atoms with Crippen molar-refractivity contribution in [2.24, 2.45) is 0 Å². The normalized spacial score (nSPS) is 12.5. The van der Waals surface area contributed by atoms with Crippen molar-refractivity contribution >= 4 is 34.8 Å². The molecule has 1 N–H and O–H groups in total. The molecule has 0 aliphatic rings. The van der Waals surface area contributed by atoms with Gasteiger partial charge in [0, 0.05) is 12.0 Å². The highest BCUT2D eigenvalue weighted by atomic mass is 35.5. The molecule has 2 aromatic carbocycles. The maximum absolute atomic E-state index is 13.8. The highest BCUT2D eigenvalue weighted by Gasteiger charge is 2.16. The predicted molar refractivity (Wildman–Crippen MR) is 76.5 cm³/mol. The molecule has 100 valence electrons. The molecular weight excluding hydrogens is 310 g/mol. The molecule has 0 saturated heterocycles. The van der Waals surface area contributed by atoms with Crippen molar-refractivity contribution in [3.63, 3.8) is 0 Å². The fourth-order valence-corrected chi connectivity index (χ4v) is 2.43. The lowest BCUT2D eigenvalue weighted by atomic mass is 10.0. The minimum absolute atomic E-state index is 0.0295. The van der Waals surface area contributed by atoms with Crippen molar-refractivity contribution < 1.29 is 9.50 Å². The van der Waals surface area contributed by atoms with Crippen LogP contribution in [0.2, 0.25) is 15.1 Å². The Hall–Kier alpha value is -0.800. The number of rotatable bonds is 3. The average molecular weight is 320 g/mol. The largest absolute Gasteiger partial charge is 0.388 e. The summed E-state index contributed by atoms with van der Waals surface area (Å²) < 4.78 is 13.8. The Balaban J connectivity index is 2.28. The Bertz CT molecular complexity index is 601. The molecule has 0 aliphatic heterocycles. The second-order valence-electron chi connectivity index (χ2n) is 4.08. The Labute approximate surface area is 125 Å². The topological polar surface area (TPSA) is 20.2 Å². The summed E-state index contributed by atoms with van der Waals surface area (Å²) in [6.45, 7) is 0. The van der Waals surface area contributed by atoms with Gasteiger partial charge in [-0.2, -0.15) is 0 Å². The molecule has 0 saturated carbocycles. The number of hydrogen-bond donors (Lipinski definition) is 1. The van der Waals surface area contributed by atoms with Crippen molar-refractivity contribution in [3.05, 3.63) is 68.4 Å². The molecule has 0 radical (unpaired) electrons. The first-order valence-corrected chi connectivity index (χ1v) is 6.69. The number of aliphatic hydroxyl groups is 1. The third kappa shape index (κ3) is 3.21. The predicted octanol–water partition coefficient (Wildman–Crippen LogP) is 5.06. The van der Waals surface area contributed by atoms with E-state index < -0.39 is 11.9 Å². The summed E-state index contributed by atoms with van der Waals surface area (Å²) in [4.78, 5) is 0. The third-order valence-electron chi connectivity index (χ3n) is 2.79. The second-order valence-corrected chi connectivity index (χ2v) is 5.27. The van der Waals surface area contributed by atoms with Gasteiger partial charge in [-0.05, 0) is 17.7 Å². The molecule has 19 heavy (non-hydrogen) atoms. The molecule has 0 amide bonds. The first-order chi connectivity index (χ1) is 9.00. The zero-order valence-corrected chi connectivity index (χ0v) is 12.0. The van der Waals surface area contributed by atoms with Gasteiger partial charge in [0.05, 0.1) is 21.2 Å². The first-order valence-electron chi connectivity index (χ1n) is 5.55. The van der Waals surface area contributed by atoms with E-state index in [9.17, 15) is 9.50 Å². The van der Waals surface area contributed by atoms with E-state index in [0.29, 0.717) is 16.1 Å². The van der Waals surface area contributed by atoms with E-state index >= 15 is 0 Å². The zero-order valence-electron chi connectivity index (χ0n) is 9.71. The lowest BCUT2D eigenvalue weighted by molar-refractivity contribution is 0.177. The Morgan fingerprint density at radius 1 is 1.00 bits per heavy atom. The van der Waals surface area contributed by atoms with E-state index in [1.54, 1.807) is 30.3 Å². The van der Waals surface area contributed by atoms with Gasteiger partial charge in [0.1, 0.15) is 5.82 Å². The summed E-state index contributed by atoms with van der Waals surface area (Å²) in [7, 11) is 0. The van der Waals surface area contributed by atoms with Gasteiger partial charge in [0.25, 0.3) is 0 Å². The van der Waals surface area contributed by atoms with E-state index in [4.69, 9.17) is 34.8 Å². The van der Waals surface area contributed by atoms with Gasteiger partial charge in [-0.1, -0.05) is 59.1 Å². The molecule has 0 spiro atoms. The molecular formula is C14H10Cl3FO. The van der Waals surface area contributed by atoms with Crippen molar-refractivity contribution in [2.45, 2.75) is 12.5 Å². The van der Waals surface area contributed by atoms with Crippen LogP contribution in [0.1, 0.15) is 17.2 Å². The molecule has 2 rings (SSSR count). The van der Waals surface area contributed by atoms with Crippen LogP contribution in [-0.4, -0.2) is 5.11 Å². The smallest absolute Gasteiger partial charge is 0.145 e. The SMILES string of the molecule is OC(Cc1cccc(Cl)c1F)c1cccc(Cl)c1Cl. The molecule has 0 aliphatic carbocycles. The van der Waals surface area contributed by atoms with E-state index in [1.807, 2.05) is 0 Å². The van der Waals surface area contributed by atoms with Gasteiger partial charge >= 0.3 is 0 Å². The van der Waals surface area contributed by atoms with Crippen LogP contribution in [0, 0.1) is 5.82 Å². The Kier molecular flexibility index (Phi) is 4.69. The molecule has 0 bridgehead atoms. The average Bonchev–Trinajstić information content (AvgIpc) is 2.38. The minimum Gasteiger partial charge on any atom is -0.388 e. The summed E-state index contributed by atoms with van der Waals surface area (Å²) in [5.74, 6) is -0.527. The molecule has 1 nitrogen and oxygen atoms in total. The van der Waals surface area contributed by atoms with Crippen LogP contribution >= 0.6 is 34.8 Å². The van der Waals surface area contributed by atoms with Gasteiger partial charge in [-0.15, -0.1) is 0 Å². The maximum atomic E-state index is 13.8. The maximum Gasteiger partial charge on any atom is 0.145 e. The number of hydrogen-bond acceptors (Lipinski definition) is 1. The summed E-state index contributed by atoms with van der Waals surface area (Å²) in [5.41, 5.74) is 0.796. The van der Waals surface area contributed by atoms with Gasteiger partial charge in [0.15, 0.2) is 0 Å². The highest BCUT2D eigenvalue weighted by Crippen LogP contribution is 2.32. The second kappa shape index (κ2) is 6.10. The summed E-state index contributed by atoms with van der Waals surface area (Å²) >= 11 is 17.6. The van der Waals surface area contributed by atoms with Gasteiger partial charge in [0.2, 0.25) is 0 Å². The van der Waals surface area contributed by atoms with Crippen LogP contribution in [0.3, 0.4) is 0 Å². The minimum atomic E-state index is -0.945. The van der Waals surface area contributed by atoms with E-state index in [-0.39, 0.29) is 16.5 Å². The van der Waals surface area contributed by atoms with E-state index in [1.165, 1.54) is 6.07 Å². The van der Waals surface area contributed by atoms with Crippen molar-refractivity contribution in [2.75, 3.05) is 0 Å². The third-order valence-corrected chi connectivity index (χ3v) is 3.91. The van der Waals surface area contributed by atoms with Crippen LogP contribution in [0.4, 0.5) is 4.39 Å². The molecule has 2 aromatic rings. The molecule has 0 aromatic heterocycles. The van der Waals surface area contributed by atoms with Crippen molar-refractivity contribution in [3.8, 4) is 0 Å². The summed E-state index contributed by atoms with van der Waals surface area (Å²) in [6, 6.07) is 9.62. The van der Waals surface area contributed by atoms with E-state index in [2.05, 4.69) is 0 Å². The quantitative estimate of drug-likeness (QED) is 0.838. The van der Waals surface area contributed by atoms with Crippen LogP contribution < -0.4 is 0 Å². The zero-order chi connectivity index (χ0) is 14.0. The first kappa shape index (κ1) is 14.6. The molecule has 0 heterocycles. The lowest BCUT2D eigenvalue weighted by Crippen LogP contribution is -2.04. The highest BCUT2D eigenvalue weighted by molar-refractivity contribution is 6.42. The molecule has 5 heteroatoms. The van der Waals surface area contributed by atoms with Crippen molar-refractivity contribution in [1.82, 2.24) is 0 Å². The number of halogens is 4. The fraction of sp³-hybridized carbons (Fsp3) is 0.143. The van der Waals surface area contributed by atoms with Crippen LogP contribution in [0.25, 0.3) is 0 Å². The van der Waals surface area contributed by atoms with Crippen molar-refractivity contribution in [1.29, 1.82) is 0 Å². The van der Waals surface area contributed by atoms with Crippen LogP contribution in [0.5, 0.6) is 0 Å². The number of aliphatic hydroxyl groups excluding tert-OH is 1. The Morgan fingerprint density at radius 3 is 2.37 bits per heavy atom. The monoisotopic (exact) mass is 318 g/mol. The summed E-state index contributed by atoms with van der Waals surface area (Å²) in [5, 5.41) is 10.8. The summed E-state index contributed by atoms with van der Waals surface area (Å²) in [6.07, 6.45) is -0.869. The lowest BCUT2D eigenvalue weighted by Gasteiger charge is -2.14. The fourth-order valence-electron chi connectivity index (χ4n) is 1.80. The molecule has 1 unspecified atom stereocenters. The molecule has 1 atom stereocenters. The molecule has 0 fully saturated rings. The Morgan fingerprint density at radius 2 is 1.63 bits per heavy atom. The van der Waals surface area contributed by atoms with Gasteiger partial charge in [-0.3, -0.25) is 0 Å². The van der Waals surface area contributed by atoms with Gasteiger partial charge in [-0.25, -0.2) is 4.39 Å².